The van der Waals surface area contributed by atoms with Gasteiger partial charge in [-0.15, -0.1) is 13.2 Å². The minimum Gasteiger partial charge on any atom is -0.406 e. The van der Waals surface area contributed by atoms with E-state index in [1.807, 2.05) is 0 Å². The maximum absolute atomic E-state index is 12.7. The topological polar surface area (TPSA) is 154 Å². The van der Waals surface area contributed by atoms with Crippen molar-refractivity contribution in [2.45, 2.75) is 35.5 Å². The average molecular weight is 446 g/mol. The van der Waals surface area contributed by atoms with Crippen LogP contribution in [0.2, 0.25) is 0 Å². The number of nitrogens with zero attached hydrogens (tertiary/aromatic N) is 1. The quantitative estimate of drug-likeness (QED) is 0.580. The van der Waals surface area contributed by atoms with E-state index in [0.29, 0.717) is 0 Å². The molecule has 0 saturated heterocycles. The molecule has 0 bridgehead atoms. The number of carbonyl (C=O) groups is 2. The highest BCUT2D eigenvalue weighted by atomic mass is 32.2. The highest BCUT2D eigenvalue weighted by Gasteiger charge is 2.31. The Morgan fingerprint density at radius 1 is 1.20 bits per heavy atom. The monoisotopic (exact) mass is 446 g/mol. The molecule has 1 aromatic carbocycles. The molecule has 2 aromatic rings. The maximum Gasteiger partial charge on any atom is 0.573 e. The van der Waals surface area contributed by atoms with Crippen LogP contribution < -0.4 is 21.5 Å². The molecule has 2 amide bonds. The number of hydrogen-bond acceptors (Lipinski definition) is 7. The van der Waals surface area contributed by atoms with Gasteiger partial charge in [-0.1, -0.05) is 6.92 Å². The molecule has 0 aliphatic heterocycles. The molecule has 9 nitrogen and oxygen atoms in total. The molecule has 0 aliphatic carbocycles. The fraction of sp³-hybridized carbons (Fsp3) is 0.235. The molecule has 30 heavy (non-hydrogen) atoms. The van der Waals surface area contributed by atoms with E-state index >= 15 is 0 Å². The van der Waals surface area contributed by atoms with Crippen molar-refractivity contribution in [1.82, 2.24) is 10.3 Å². The predicted molar refractivity (Wildman–Crippen MR) is 98.0 cm³/mol. The lowest BCUT2D eigenvalue weighted by Crippen LogP contribution is -2.44. The summed E-state index contributed by atoms with van der Waals surface area (Å²) in [6.07, 6.45) is -3.83. The van der Waals surface area contributed by atoms with E-state index in [4.69, 9.17) is 11.5 Å². The molecule has 0 fully saturated rings. The Bertz CT molecular complexity index is 1060. The summed E-state index contributed by atoms with van der Waals surface area (Å²) in [6.45, 7) is 1.62. The molecule has 1 atom stereocenters. The normalized spacial score (nSPS) is 12.8. The second-order valence-electron chi connectivity index (χ2n) is 5.97. The number of amides is 2. The number of nitrogen functional groups attached to an aromatic ring is 1. The molecule has 0 aliphatic rings. The van der Waals surface area contributed by atoms with Gasteiger partial charge in [0.15, 0.2) is 5.69 Å². The predicted octanol–water partition coefficient (Wildman–Crippen LogP) is 1.39. The van der Waals surface area contributed by atoms with Gasteiger partial charge in [-0.3, -0.25) is 9.59 Å². The van der Waals surface area contributed by atoms with Gasteiger partial charge in [-0.05, 0) is 36.8 Å². The number of nitrogens with two attached hydrogens (primary N) is 2. The largest absolute Gasteiger partial charge is 0.573 e. The van der Waals surface area contributed by atoms with Crippen LogP contribution in [0.1, 0.15) is 23.8 Å². The van der Waals surface area contributed by atoms with E-state index in [9.17, 15) is 31.2 Å². The van der Waals surface area contributed by atoms with E-state index in [1.54, 1.807) is 6.92 Å². The van der Waals surface area contributed by atoms with E-state index in [-0.39, 0.29) is 27.6 Å². The summed E-state index contributed by atoms with van der Waals surface area (Å²) < 4.78 is 65.6. The van der Waals surface area contributed by atoms with Crippen LogP contribution in [0, 0.1) is 0 Å². The van der Waals surface area contributed by atoms with Gasteiger partial charge in [0, 0.05) is 6.20 Å². The number of hydrogen-bond donors (Lipinski definition) is 3. The molecule has 13 heteroatoms. The first-order valence-corrected chi connectivity index (χ1v) is 9.80. The van der Waals surface area contributed by atoms with Crippen LogP contribution in [0.4, 0.5) is 18.9 Å². The zero-order valence-corrected chi connectivity index (χ0v) is 16.3. The molecule has 2 rings (SSSR count). The highest BCUT2D eigenvalue weighted by molar-refractivity contribution is 7.91. The third kappa shape index (κ3) is 5.37. The molecule has 0 unspecified atom stereocenters. The number of nitrogens with one attached hydrogen (secondary N) is 1. The van der Waals surface area contributed by atoms with Gasteiger partial charge in [0.2, 0.25) is 15.7 Å². The molecule has 0 radical (unpaired) electrons. The summed E-state index contributed by atoms with van der Waals surface area (Å²) in [5, 5.41) is 2.33. The number of ether oxygens (including phenoxy) is 1. The second kappa shape index (κ2) is 8.57. The Morgan fingerprint density at radius 2 is 1.80 bits per heavy atom. The minimum absolute atomic E-state index is 0.224. The van der Waals surface area contributed by atoms with Crippen molar-refractivity contribution in [3.63, 3.8) is 0 Å². The number of rotatable bonds is 7. The third-order valence-corrected chi connectivity index (χ3v) is 5.58. The summed E-state index contributed by atoms with van der Waals surface area (Å²) in [5.41, 5.74) is 10.3. The lowest BCUT2D eigenvalue weighted by atomic mass is 10.2. The Labute approximate surface area is 169 Å². The van der Waals surface area contributed by atoms with Gasteiger partial charge >= 0.3 is 6.36 Å². The first-order valence-electron chi connectivity index (χ1n) is 8.31. The Kier molecular flexibility index (Phi) is 6.55. The van der Waals surface area contributed by atoms with Crippen molar-refractivity contribution < 1.29 is 35.9 Å². The third-order valence-electron chi connectivity index (χ3n) is 3.84. The molecular formula is C17H17F3N4O5S. The molecule has 162 valence electrons. The minimum atomic E-state index is -4.92. The van der Waals surface area contributed by atoms with Crippen molar-refractivity contribution in [3.8, 4) is 5.75 Å². The van der Waals surface area contributed by atoms with E-state index in [2.05, 4.69) is 15.0 Å². The lowest BCUT2D eigenvalue weighted by Gasteiger charge is -2.14. The van der Waals surface area contributed by atoms with Crippen LogP contribution in [0.3, 0.4) is 0 Å². The first kappa shape index (κ1) is 22.9. The number of aromatic nitrogens is 1. The van der Waals surface area contributed by atoms with Gasteiger partial charge < -0.3 is 21.5 Å². The molecule has 5 N–H and O–H groups in total. The van der Waals surface area contributed by atoms with Crippen molar-refractivity contribution in [2.75, 3.05) is 5.73 Å². The zero-order chi connectivity index (χ0) is 22.7. The second-order valence-corrected chi connectivity index (χ2v) is 7.92. The van der Waals surface area contributed by atoms with Gasteiger partial charge in [0.1, 0.15) is 11.8 Å². The average Bonchev–Trinajstić information content (AvgIpc) is 2.64. The lowest BCUT2D eigenvalue weighted by molar-refractivity contribution is -0.274. The zero-order valence-electron chi connectivity index (χ0n) is 15.4. The number of pyridine rings is 1. The van der Waals surface area contributed by atoms with Crippen LogP contribution in [-0.2, 0) is 14.6 Å². The Morgan fingerprint density at radius 3 is 2.27 bits per heavy atom. The van der Waals surface area contributed by atoms with Crippen molar-refractivity contribution >= 4 is 27.3 Å². The van der Waals surface area contributed by atoms with Crippen LogP contribution in [0.15, 0.2) is 46.3 Å². The van der Waals surface area contributed by atoms with Crippen molar-refractivity contribution in [2.24, 2.45) is 5.73 Å². The summed E-state index contributed by atoms with van der Waals surface area (Å²) in [6, 6.07) is 3.54. The molecule has 0 saturated carbocycles. The van der Waals surface area contributed by atoms with Crippen LogP contribution in [0.25, 0.3) is 0 Å². The SMILES string of the molecule is CC[C@H](NC(=O)c1ncc(S(=O)(=O)c2ccc(OC(F)(F)F)cc2)cc1N)C(N)=O. The van der Waals surface area contributed by atoms with Gasteiger partial charge in [-0.25, -0.2) is 13.4 Å². The molecular weight excluding hydrogens is 429 g/mol. The number of primary amides is 1. The van der Waals surface area contributed by atoms with Crippen LogP contribution in [-0.4, -0.2) is 37.6 Å². The van der Waals surface area contributed by atoms with Gasteiger partial charge in [0.05, 0.1) is 15.5 Å². The smallest absolute Gasteiger partial charge is 0.406 e. The summed E-state index contributed by atoms with van der Waals surface area (Å²) in [4.78, 5) is 26.5. The van der Waals surface area contributed by atoms with Gasteiger partial charge in [-0.2, -0.15) is 0 Å². The molecule has 1 aromatic heterocycles. The van der Waals surface area contributed by atoms with Crippen molar-refractivity contribution in [1.29, 1.82) is 0 Å². The Hall–Kier alpha value is -3.35. The van der Waals surface area contributed by atoms with E-state index in [1.165, 1.54) is 0 Å². The van der Waals surface area contributed by atoms with Crippen molar-refractivity contribution in [3.05, 3.63) is 42.2 Å². The molecule has 0 spiro atoms. The number of halogens is 3. The summed E-state index contributed by atoms with van der Waals surface area (Å²) in [7, 11) is -4.19. The fourth-order valence-electron chi connectivity index (χ4n) is 2.36. The van der Waals surface area contributed by atoms with E-state index < -0.39 is 39.8 Å². The first-order chi connectivity index (χ1) is 13.8. The Balaban J connectivity index is 2.28. The van der Waals surface area contributed by atoms with Crippen LogP contribution >= 0.6 is 0 Å². The summed E-state index contributed by atoms with van der Waals surface area (Å²) in [5.74, 6) is -2.18. The van der Waals surface area contributed by atoms with Gasteiger partial charge in [0.25, 0.3) is 5.91 Å². The number of benzene rings is 1. The maximum atomic E-state index is 12.7. The fourth-order valence-corrected chi connectivity index (χ4v) is 3.60. The number of carbonyl (C=O) groups excluding carboxylic acids is 2. The standard InChI is InChI=1S/C17H17F3N4O5S/c1-2-13(15(22)25)24-16(26)14-12(21)7-11(8-23-14)30(27,28)10-5-3-9(4-6-10)29-17(18,19)20/h3-8,13H,2,21H2,1H3,(H2,22,25)(H,24,26)/t13-/m0/s1. The molecule has 1 heterocycles. The highest BCUT2D eigenvalue weighted by Crippen LogP contribution is 2.27. The van der Waals surface area contributed by atoms with Crippen LogP contribution in [0.5, 0.6) is 5.75 Å². The number of anilines is 1. The summed E-state index contributed by atoms with van der Waals surface area (Å²) >= 11 is 0. The number of sulfone groups is 1. The van der Waals surface area contributed by atoms with E-state index in [0.717, 1.165) is 36.5 Å². The number of alkyl halides is 3.